The normalized spacial score (nSPS) is 11.8. The number of fused-ring (bicyclic) bond motifs is 1. The summed E-state index contributed by atoms with van der Waals surface area (Å²) in [7, 11) is -4.21. The molecule has 0 saturated carbocycles. The van der Waals surface area contributed by atoms with Crippen LogP contribution in [0.4, 0.5) is 0 Å². The largest absolute Gasteiger partial charge is 0.367 e. The van der Waals surface area contributed by atoms with E-state index >= 15 is 0 Å². The minimum Gasteiger partial charge on any atom is -0.367 e. The lowest BCUT2D eigenvalue weighted by molar-refractivity contribution is 0.0294. The molecule has 2 rings (SSSR count). The number of ether oxygens (including phenoxy) is 1. The molecule has 2 aromatic heterocycles. The minimum atomic E-state index is -4.21. The van der Waals surface area contributed by atoms with Gasteiger partial charge in [-0.25, -0.2) is 20.4 Å². The lowest BCUT2D eigenvalue weighted by atomic mass is 10.1. The van der Waals surface area contributed by atoms with Gasteiger partial charge in [0.05, 0.1) is 19.5 Å². The molecule has 0 aliphatic carbocycles. The smallest absolute Gasteiger partial charge is 0.350 e. The van der Waals surface area contributed by atoms with Gasteiger partial charge in [0.2, 0.25) is 0 Å². The van der Waals surface area contributed by atoms with E-state index < -0.39 is 19.9 Å². The van der Waals surface area contributed by atoms with E-state index in [2.05, 4.69) is 27.4 Å². The van der Waals surface area contributed by atoms with Gasteiger partial charge in [-0.3, -0.25) is 14.2 Å². The zero-order chi connectivity index (χ0) is 21.8. The van der Waals surface area contributed by atoms with Crippen molar-refractivity contribution in [2.24, 2.45) is 0 Å². The van der Waals surface area contributed by atoms with Crippen molar-refractivity contribution in [3.05, 3.63) is 18.3 Å². The fourth-order valence-corrected chi connectivity index (χ4v) is 3.22. The Kier molecular flexibility index (Phi) is 10.3. The molecular formula is C18H30N5O6P. The number of imidazole rings is 1. The van der Waals surface area contributed by atoms with Gasteiger partial charge in [0.15, 0.2) is 11.3 Å². The van der Waals surface area contributed by atoms with Gasteiger partial charge >= 0.3 is 7.60 Å². The topological polar surface area (TPSA) is 149 Å². The van der Waals surface area contributed by atoms with Gasteiger partial charge in [-0.15, -0.1) is 0 Å². The van der Waals surface area contributed by atoms with E-state index in [1.54, 1.807) is 4.57 Å². The maximum absolute atomic E-state index is 12.4. The van der Waals surface area contributed by atoms with E-state index in [-0.39, 0.29) is 18.8 Å². The third-order valence-electron chi connectivity index (χ3n) is 4.37. The Morgan fingerprint density at radius 3 is 2.57 bits per heavy atom. The lowest BCUT2D eigenvalue weighted by Crippen LogP contribution is -2.25. The van der Waals surface area contributed by atoms with Crippen molar-refractivity contribution in [1.29, 1.82) is 0 Å². The Balaban J connectivity index is 1.78. The third kappa shape index (κ3) is 8.45. The molecular weight excluding hydrogens is 413 g/mol. The van der Waals surface area contributed by atoms with Crippen molar-refractivity contribution in [3.63, 3.8) is 0 Å². The van der Waals surface area contributed by atoms with Crippen molar-refractivity contribution in [2.45, 2.75) is 58.4 Å². The first-order valence-electron chi connectivity index (χ1n) is 10.1. The van der Waals surface area contributed by atoms with Gasteiger partial charge in [-0.2, -0.15) is 0 Å². The van der Waals surface area contributed by atoms with Crippen LogP contribution in [0.25, 0.3) is 11.2 Å². The number of unbranched alkanes of at least 4 members (excludes halogenated alkanes) is 6. The quantitative estimate of drug-likeness (QED) is 0.214. The number of carbonyl (C=O) groups is 1. The first-order valence-corrected chi connectivity index (χ1v) is 11.9. The monoisotopic (exact) mass is 443 g/mol. The first kappa shape index (κ1) is 24.4. The zero-order valence-corrected chi connectivity index (χ0v) is 18.1. The summed E-state index contributed by atoms with van der Waals surface area (Å²) in [6, 6.07) is 0. The molecule has 1 amide bonds. The molecule has 0 atom stereocenters. The van der Waals surface area contributed by atoms with Crippen molar-refractivity contribution >= 4 is 24.7 Å². The number of hydrogen-bond donors (Lipinski definition) is 3. The van der Waals surface area contributed by atoms with Crippen molar-refractivity contribution in [3.8, 4) is 0 Å². The number of amides is 1. The summed E-state index contributed by atoms with van der Waals surface area (Å²) in [5.74, 6) is -0.506. The van der Waals surface area contributed by atoms with Crippen LogP contribution in [0.3, 0.4) is 0 Å². The van der Waals surface area contributed by atoms with Crippen LogP contribution in [0.15, 0.2) is 12.7 Å². The van der Waals surface area contributed by atoms with E-state index in [1.807, 2.05) is 0 Å². The van der Waals surface area contributed by atoms with Crippen molar-refractivity contribution in [2.75, 3.05) is 19.6 Å². The number of aromatic nitrogens is 4. The summed E-state index contributed by atoms with van der Waals surface area (Å²) < 4.78 is 17.4. The highest BCUT2D eigenvalue weighted by Gasteiger charge is 2.17. The molecule has 30 heavy (non-hydrogen) atoms. The fourth-order valence-electron chi connectivity index (χ4n) is 2.85. The van der Waals surface area contributed by atoms with Crippen LogP contribution in [0.1, 0.15) is 62.4 Å². The maximum Gasteiger partial charge on any atom is 0.350 e. The molecule has 12 heteroatoms. The lowest BCUT2D eigenvalue weighted by Gasteiger charge is -2.07. The van der Waals surface area contributed by atoms with E-state index in [0.29, 0.717) is 17.8 Å². The highest BCUT2D eigenvalue weighted by Crippen LogP contribution is 2.33. The van der Waals surface area contributed by atoms with Crippen LogP contribution >= 0.6 is 7.60 Å². The molecule has 0 spiro atoms. The van der Waals surface area contributed by atoms with E-state index in [0.717, 1.165) is 12.8 Å². The number of rotatable bonds is 15. The summed E-state index contributed by atoms with van der Waals surface area (Å²) in [4.78, 5) is 47.5. The number of nitrogens with zero attached hydrogens (tertiary/aromatic N) is 4. The summed E-state index contributed by atoms with van der Waals surface area (Å²) >= 11 is 0. The molecule has 0 aliphatic heterocycles. The summed E-state index contributed by atoms with van der Waals surface area (Å²) in [6.45, 7) is 2.95. The third-order valence-corrected chi connectivity index (χ3v) is 4.89. The van der Waals surface area contributed by atoms with Crippen LogP contribution in [0.5, 0.6) is 0 Å². The molecule has 168 valence electrons. The zero-order valence-electron chi connectivity index (χ0n) is 17.2. The van der Waals surface area contributed by atoms with Crippen LogP contribution < -0.4 is 5.48 Å². The number of carbonyl (C=O) groups excluding carboxylic acids is 1. The standard InChI is InChI=1S/C18H30N5O6P/c1-2-3-4-5-6-7-8-10-29-22-18(24)16-15-17(20-12-19-16)23(13-21-15)9-11-28-14-30(25,26)27/h12-13H,2-11,14H2,1H3,(H,22,24)(H2,25,26,27). The van der Waals surface area contributed by atoms with Gasteiger partial charge in [-0.05, 0) is 6.42 Å². The van der Waals surface area contributed by atoms with E-state index in [4.69, 9.17) is 19.4 Å². The predicted molar refractivity (Wildman–Crippen MR) is 110 cm³/mol. The maximum atomic E-state index is 12.4. The van der Waals surface area contributed by atoms with Crippen molar-refractivity contribution in [1.82, 2.24) is 25.0 Å². The molecule has 2 heterocycles. The predicted octanol–water partition coefficient (Wildman–Crippen LogP) is 2.39. The molecule has 0 unspecified atom stereocenters. The van der Waals surface area contributed by atoms with Gasteiger partial charge in [0.25, 0.3) is 5.91 Å². The van der Waals surface area contributed by atoms with Gasteiger partial charge < -0.3 is 19.1 Å². The van der Waals surface area contributed by atoms with E-state index in [9.17, 15) is 9.36 Å². The second kappa shape index (κ2) is 12.7. The van der Waals surface area contributed by atoms with Gasteiger partial charge in [0, 0.05) is 6.54 Å². The Hall–Kier alpha value is -1.91. The van der Waals surface area contributed by atoms with Crippen LogP contribution in [-0.4, -0.2) is 54.8 Å². The van der Waals surface area contributed by atoms with Crippen molar-refractivity contribution < 1.29 is 28.7 Å². The van der Waals surface area contributed by atoms with Gasteiger partial charge in [-0.1, -0.05) is 45.4 Å². The summed E-state index contributed by atoms with van der Waals surface area (Å²) in [5.41, 5.74) is 3.21. The Bertz CT molecular complexity index is 840. The molecule has 2 aromatic rings. The van der Waals surface area contributed by atoms with Gasteiger partial charge in [0.1, 0.15) is 18.2 Å². The fraction of sp³-hybridized carbons (Fsp3) is 0.667. The number of nitrogens with one attached hydrogen (secondary N) is 1. The molecule has 0 aliphatic rings. The highest BCUT2D eigenvalue weighted by atomic mass is 31.2. The average Bonchev–Trinajstić information content (AvgIpc) is 3.12. The van der Waals surface area contributed by atoms with Crippen LogP contribution in [0, 0.1) is 0 Å². The number of hydrogen-bond acceptors (Lipinski definition) is 7. The second-order valence-corrected chi connectivity index (χ2v) is 8.52. The van der Waals surface area contributed by atoms with Crippen LogP contribution in [-0.2, 0) is 20.7 Å². The molecule has 3 N–H and O–H groups in total. The van der Waals surface area contributed by atoms with Crippen LogP contribution in [0.2, 0.25) is 0 Å². The molecule has 0 fully saturated rings. The second-order valence-electron chi connectivity index (χ2n) is 6.94. The summed E-state index contributed by atoms with van der Waals surface area (Å²) in [6.07, 6.45) is 10.2. The highest BCUT2D eigenvalue weighted by molar-refractivity contribution is 7.51. The SMILES string of the molecule is CCCCCCCCCONC(=O)c1ncnc2c1ncn2CCOCP(=O)(O)O. The first-order chi connectivity index (χ1) is 14.4. The summed E-state index contributed by atoms with van der Waals surface area (Å²) in [5, 5.41) is 0. The molecule has 0 radical (unpaired) electrons. The minimum absolute atomic E-state index is 0.0592. The average molecular weight is 443 g/mol. The Labute approximate surface area is 175 Å². The Morgan fingerprint density at radius 1 is 1.10 bits per heavy atom. The Morgan fingerprint density at radius 2 is 1.83 bits per heavy atom. The number of hydroxylamine groups is 1. The molecule has 0 saturated heterocycles. The van der Waals surface area contributed by atoms with E-state index in [1.165, 1.54) is 44.8 Å². The molecule has 0 aromatic carbocycles. The molecule has 0 bridgehead atoms. The molecule has 11 nitrogen and oxygen atoms in total.